The molecule has 1 aromatic heterocycles. The maximum atomic E-state index is 12.2. The molecule has 0 aromatic carbocycles. The van der Waals surface area contributed by atoms with Crippen LogP contribution in [0.5, 0.6) is 0 Å². The molecule has 1 aliphatic rings. The maximum Gasteiger partial charge on any atom is 0.319 e. The molecule has 0 unspecified atom stereocenters. The zero-order valence-corrected chi connectivity index (χ0v) is 14.0. The van der Waals surface area contributed by atoms with Crippen LogP contribution in [-0.2, 0) is 11.2 Å². The summed E-state index contributed by atoms with van der Waals surface area (Å²) >= 11 is 0. The molecule has 126 valence electrons. The van der Waals surface area contributed by atoms with E-state index in [1.54, 1.807) is 25.2 Å². The summed E-state index contributed by atoms with van der Waals surface area (Å²) in [5, 5.41) is 3.02. The fraction of sp³-hybridized carbons (Fsp3) is 0.588. The molecule has 0 bridgehead atoms. The standard InChI is InChI=1S/C17H26N4O2/c1-20(2)17(23)21-11-7-15(8-12-21)16(22)19-10-4-6-14-5-3-9-18-13-14/h3,5,9,13,15H,4,6-8,10-12H2,1-2H3,(H,19,22). The summed E-state index contributed by atoms with van der Waals surface area (Å²) in [7, 11) is 3.51. The number of carbonyl (C=O) groups is 2. The monoisotopic (exact) mass is 318 g/mol. The lowest BCUT2D eigenvalue weighted by molar-refractivity contribution is -0.126. The third-order valence-electron chi connectivity index (χ3n) is 4.18. The van der Waals surface area contributed by atoms with E-state index in [2.05, 4.69) is 10.3 Å². The predicted octanol–water partition coefficient (Wildman–Crippen LogP) is 1.52. The van der Waals surface area contributed by atoms with Crippen LogP contribution < -0.4 is 5.32 Å². The highest BCUT2D eigenvalue weighted by Gasteiger charge is 2.27. The lowest BCUT2D eigenvalue weighted by Crippen LogP contribution is -2.46. The van der Waals surface area contributed by atoms with Crippen molar-refractivity contribution in [3.05, 3.63) is 30.1 Å². The van der Waals surface area contributed by atoms with Crippen LogP contribution in [0.4, 0.5) is 4.79 Å². The minimum absolute atomic E-state index is 0.0274. The molecule has 0 saturated carbocycles. The number of carbonyl (C=O) groups excluding carboxylic acids is 2. The number of hydrogen-bond donors (Lipinski definition) is 1. The van der Waals surface area contributed by atoms with Gasteiger partial charge in [-0.15, -0.1) is 0 Å². The summed E-state index contributed by atoms with van der Waals surface area (Å²) in [5.74, 6) is 0.146. The molecule has 0 aliphatic carbocycles. The van der Waals surface area contributed by atoms with Crippen LogP contribution in [0.15, 0.2) is 24.5 Å². The zero-order chi connectivity index (χ0) is 16.7. The third kappa shape index (κ3) is 5.23. The number of urea groups is 1. The maximum absolute atomic E-state index is 12.2. The van der Waals surface area contributed by atoms with Crippen molar-refractivity contribution in [1.29, 1.82) is 0 Å². The molecule has 3 amide bonds. The minimum atomic E-state index is 0.0274. The van der Waals surface area contributed by atoms with Crippen LogP contribution in [0.3, 0.4) is 0 Å². The SMILES string of the molecule is CN(C)C(=O)N1CCC(C(=O)NCCCc2cccnc2)CC1. The Morgan fingerprint density at radius 1 is 1.35 bits per heavy atom. The van der Waals surface area contributed by atoms with Crippen LogP contribution in [0.25, 0.3) is 0 Å². The Morgan fingerprint density at radius 2 is 2.09 bits per heavy atom. The number of aromatic nitrogens is 1. The van der Waals surface area contributed by atoms with E-state index in [-0.39, 0.29) is 17.9 Å². The Balaban J connectivity index is 1.64. The minimum Gasteiger partial charge on any atom is -0.356 e. The van der Waals surface area contributed by atoms with Crippen LogP contribution in [-0.4, -0.2) is 60.5 Å². The topological polar surface area (TPSA) is 65.5 Å². The average molecular weight is 318 g/mol. The molecule has 6 heteroatoms. The zero-order valence-electron chi connectivity index (χ0n) is 14.0. The van der Waals surface area contributed by atoms with Crippen molar-refractivity contribution in [2.45, 2.75) is 25.7 Å². The van der Waals surface area contributed by atoms with Crippen molar-refractivity contribution in [3.8, 4) is 0 Å². The molecule has 1 saturated heterocycles. The van der Waals surface area contributed by atoms with E-state index in [9.17, 15) is 9.59 Å². The molecule has 1 N–H and O–H groups in total. The number of nitrogens with zero attached hydrogens (tertiary/aromatic N) is 3. The number of likely N-dealkylation sites (tertiary alicyclic amines) is 1. The summed E-state index contributed by atoms with van der Waals surface area (Å²) in [6, 6.07) is 4.00. The molecule has 0 spiro atoms. The van der Waals surface area contributed by atoms with E-state index >= 15 is 0 Å². The first kappa shape index (κ1) is 17.2. The van der Waals surface area contributed by atoms with Gasteiger partial charge in [-0.1, -0.05) is 6.07 Å². The van der Waals surface area contributed by atoms with Gasteiger partial charge in [0.05, 0.1) is 0 Å². The van der Waals surface area contributed by atoms with Gasteiger partial charge in [0.1, 0.15) is 0 Å². The lowest BCUT2D eigenvalue weighted by atomic mass is 9.96. The van der Waals surface area contributed by atoms with Crippen molar-refractivity contribution >= 4 is 11.9 Å². The summed E-state index contributed by atoms with van der Waals surface area (Å²) in [4.78, 5) is 31.5. The first-order valence-electron chi connectivity index (χ1n) is 8.21. The summed E-state index contributed by atoms with van der Waals surface area (Å²) in [6.45, 7) is 2.00. The van der Waals surface area contributed by atoms with E-state index in [0.717, 1.165) is 25.7 Å². The average Bonchev–Trinajstić information content (AvgIpc) is 2.59. The van der Waals surface area contributed by atoms with Crippen molar-refractivity contribution in [2.75, 3.05) is 33.7 Å². The molecule has 0 radical (unpaired) electrons. The highest BCUT2D eigenvalue weighted by molar-refractivity contribution is 5.79. The Hall–Kier alpha value is -2.11. The quantitative estimate of drug-likeness (QED) is 0.837. The smallest absolute Gasteiger partial charge is 0.319 e. The van der Waals surface area contributed by atoms with Gasteiger partial charge >= 0.3 is 6.03 Å². The first-order valence-corrected chi connectivity index (χ1v) is 8.21. The third-order valence-corrected chi connectivity index (χ3v) is 4.18. The molecule has 2 rings (SSSR count). The van der Waals surface area contributed by atoms with Gasteiger partial charge in [0.15, 0.2) is 0 Å². The molecule has 0 atom stereocenters. The molecular weight excluding hydrogens is 292 g/mol. The largest absolute Gasteiger partial charge is 0.356 e. The normalized spacial score (nSPS) is 15.3. The highest BCUT2D eigenvalue weighted by Crippen LogP contribution is 2.18. The second-order valence-corrected chi connectivity index (χ2v) is 6.19. The van der Waals surface area contributed by atoms with E-state index in [1.165, 1.54) is 5.56 Å². The van der Waals surface area contributed by atoms with Crippen molar-refractivity contribution < 1.29 is 9.59 Å². The van der Waals surface area contributed by atoms with Crippen molar-refractivity contribution in [3.63, 3.8) is 0 Å². The molecule has 1 aliphatic heterocycles. The van der Waals surface area contributed by atoms with Gasteiger partial charge in [-0.2, -0.15) is 0 Å². The number of hydrogen-bond acceptors (Lipinski definition) is 3. The number of nitrogens with one attached hydrogen (secondary N) is 1. The van der Waals surface area contributed by atoms with Gasteiger partial charge < -0.3 is 15.1 Å². The Kier molecular flexibility index (Phi) is 6.38. The number of amides is 3. The molecule has 2 heterocycles. The second-order valence-electron chi connectivity index (χ2n) is 6.19. The number of aryl methyl sites for hydroxylation is 1. The van der Waals surface area contributed by atoms with Gasteiger partial charge in [-0.25, -0.2) is 4.79 Å². The second kappa shape index (κ2) is 8.50. The van der Waals surface area contributed by atoms with Gasteiger partial charge in [0.2, 0.25) is 5.91 Å². The van der Waals surface area contributed by atoms with Gasteiger partial charge in [0.25, 0.3) is 0 Å². The van der Waals surface area contributed by atoms with Crippen LogP contribution >= 0.6 is 0 Å². The summed E-state index contributed by atoms with van der Waals surface area (Å²) in [6.07, 6.45) is 6.94. The fourth-order valence-corrected chi connectivity index (χ4v) is 2.81. The fourth-order valence-electron chi connectivity index (χ4n) is 2.81. The summed E-state index contributed by atoms with van der Waals surface area (Å²) in [5.41, 5.74) is 1.19. The highest BCUT2D eigenvalue weighted by atomic mass is 16.2. The van der Waals surface area contributed by atoms with Crippen LogP contribution in [0, 0.1) is 5.92 Å². The van der Waals surface area contributed by atoms with Gasteiger partial charge in [-0.3, -0.25) is 9.78 Å². The van der Waals surface area contributed by atoms with E-state index in [0.29, 0.717) is 19.6 Å². The first-order chi connectivity index (χ1) is 11.1. The van der Waals surface area contributed by atoms with Crippen LogP contribution in [0.2, 0.25) is 0 Å². The number of piperidine rings is 1. The molecule has 1 aromatic rings. The Labute approximate surface area is 137 Å². The van der Waals surface area contributed by atoms with Gasteiger partial charge in [0, 0.05) is 52.0 Å². The number of rotatable bonds is 5. The summed E-state index contributed by atoms with van der Waals surface area (Å²) < 4.78 is 0. The molecule has 6 nitrogen and oxygen atoms in total. The van der Waals surface area contributed by atoms with E-state index < -0.39 is 0 Å². The van der Waals surface area contributed by atoms with Crippen LogP contribution in [0.1, 0.15) is 24.8 Å². The number of pyridine rings is 1. The predicted molar refractivity (Wildman–Crippen MR) is 88.9 cm³/mol. The Bertz CT molecular complexity index is 511. The lowest BCUT2D eigenvalue weighted by Gasteiger charge is -2.33. The van der Waals surface area contributed by atoms with Crippen molar-refractivity contribution in [1.82, 2.24) is 20.1 Å². The van der Waals surface area contributed by atoms with E-state index in [4.69, 9.17) is 0 Å². The van der Waals surface area contributed by atoms with Crippen molar-refractivity contribution in [2.24, 2.45) is 5.92 Å². The molecular formula is C17H26N4O2. The Morgan fingerprint density at radius 3 is 2.70 bits per heavy atom. The molecule has 23 heavy (non-hydrogen) atoms. The van der Waals surface area contributed by atoms with Gasteiger partial charge in [-0.05, 0) is 37.3 Å². The van der Waals surface area contributed by atoms with E-state index in [1.807, 2.05) is 23.2 Å². The molecule has 1 fully saturated rings.